The highest BCUT2D eigenvalue weighted by Crippen LogP contribution is 2.17. The number of aromatic nitrogens is 2. The van der Waals surface area contributed by atoms with Crippen molar-refractivity contribution in [2.24, 2.45) is 0 Å². The maximum atomic E-state index is 5.49. The van der Waals surface area contributed by atoms with Crippen molar-refractivity contribution in [2.75, 3.05) is 7.11 Å². The lowest BCUT2D eigenvalue weighted by atomic mass is 10.6. The maximum absolute atomic E-state index is 5.49. The van der Waals surface area contributed by atoms with Gasteiger partial charge in [-0.3, -0.25) is 0 Å². The maximum Gasteiger partial charge on any atom is 0.223 e. The molecule has 0 aliphatic heterocycles. The summed E-state index contributed by atoms with van der Waals surface area (Å²) in [5, 5.41) is 0.241. The zero-order chi connectivity index (χ0) is 7.56. The molecule has 0 amide bonds. The molecule has 0 aromatic carbocycles. The standard InChI is InChI=1S/C5H4ClIN2O/c1-10-3-2-8-5(6)9-4(3)7/h2H,1H3. The summed E-state index contributed by atoms with van der Waals surface area (Å²) in [6.45, 7) is 0. The van der Waals surface area contributed by atoms with E-state index < -0.39 is 0 Å². The van der Waals surface area contributed by atoms with E-state index in [9.17, 15) is 0 Å². The van der Waals surface area contributed by atoms with Gasteiger partial charge in [0.25, 0.3) is 0 Å². The van der Waals surface area contributed by atoms with Crippen molar-refractivity contribution in [3.05, 3.63) is 15.2 Å². The van der Waals surface area contributed by atoms with E-state index in [1.807, 2.05) is 22.6 Å². The summed E-state index contributed by atoms with van der Waals surface area (Å²) in [6.07, 6.45) is 1.54. The van der Waals surface area contributed by atoms with Crippen LogP contribution in [0.15, 0.2) is 6.20 Å². The van der Waals surface area contributed by atoms with Crippen LogP contribution in [0.1, 0.15) is 0 Å². The lowest BCUT2D eigenvalue weighted by Gasteiger charge is -1.99. The third kappa shape index (κ3) is 1.69. The lowest BCUT2D eigenvalue weighted by Crippen LogP contribution is -1.91. The lowest BCUT2D eigenvalue weighted by molar-refractivity contribution is 0.407. The van der Waals surface area contributed by atoms with Crippen molar-refractivity contribution >= 4 is 34.2 Å². The van der Waals surface area contributed by atoms with Gasteiger partial charge in [-0.25, -0.2) is 9.97 Å². The molecular weight excluding hydrogens is 266 g/mol. The zero-order valence-corrected chi connectivity index (χ0v) is 8.05. The molecule has 3 nitrogen and oxygen atoms in total. The zero-order valence-electron chi connectivity index (χ0n) is 5.14. The molecule has 1 heterocycles. The Balaban J connectivity index is 3.07. The smallest absolute Gasteiger partial charge is 0.223 e. The van der Waals surface area contributed by atoms with Crippen LogP contribution in [0.3, 0.4) is 0 Å². The van der Waals surface area contributed by atoms with Crippen molar-refractivity contribution in [3.63, 3.8) is 0 Å². The summed E-state index contributed by atoms with van der Waals surface area (Å²) >= 11 is 7.52. The fourth-order valence-corrected chi connectivity index (χ4v) is 1.33. The highest BCUT2D eigenvalue weighted by molar-refractivity contribution is 14.1. The molecule has 0 unspecified atom stereocenters. The Morgan fingerprint density at radius 2 is 2.40 bits per heavy atom. The monoisotopic (exact) mass is 270 g/mol. The Labute approximate surface area is 76.9 Å². The molecule has 5 heteroatoms. The Morgan fingerprint density at radius 3 is 2.90 bits per heavy atom. The second-order valence-electron chi connectivity index (χ2n) is 1.50. The van der Waals surface area contributed by atoms with Crippen LogP contribution < -0.4 is 4.74 Å². The second kappa shape index (κ2) is 3.34. The first kappa shape index (κ1) is 8.00. The molecule has 0 saturated heterocycles. The van der Waals surface area contributed by atoms with Crippen LogP contribution in [-0.2, 0) is 0 Å². The van der Waals surface area contributed by atoms with Crippen LogP contribution in [0.5, 0.6) is 5.75 Å². The molecule has 1 aromatic rings. The third-order valence-electron chi connectivity index (χ3n) is 0.902. The van der Waals surface area contributed by atoms with Crippen molar-refractivity contribution in [1.82, 2.24) is 9.97 Å². The van der Waals surface area contributed by atoms with Gasteiger partial charge in [-0.05, 0) is 34.2 Å². The number of halogens is 2. The van der Waals surface area contributed by atoms with Crippen LogP contribution in [0.2, 0.25) is 5.28 Å². The molecule has 0 bridgehead atoms. The second-order valence-corrected chi connectivity index (χ2v) is 2.86. The first-order valence-corrected chi connectivity index (χ1v) is 3.91. The molecule has 0 aliphatic carbocycles. The molecule has 1 rings (SSSR count). The topological polar surface area (TPSA) is 35.0 Å². The third-order valence-corrected chi connectivity index (χ3v) is 1.86. The van der Waals surface area contributed by atoms with Gasteiger partial charge in [-0.2, -0.15) is 0 Å². The number of ether oxygens (including phenoxy) is 1. The van der Waals surface area contributed by atoms with E-state index in [4.69, 9.17) is 16.3 Å². The Kier molecular flexibility index (Phi) is 2.67. The van der Waals surface area contributed by atoms with Crippen molar-refractivity contribution in [2.45, 2.75) is 0 Å². The van der Waals surface area contributed by atoms with E-state index in [2.05, 4.69) is 9.97 Å². The van der Waals surface area contributed by atoms with Crippen LogP contribution in [0, 0.1) is 3.70 Å². The minimum Gasteiger partial charge on any atom is -0.492 e. The summed E-state index contributed by atoms with van der Waals surface area (Å²) in [6, 6.07) is 0. The van der Waals surface area contributed by atoms with E-state index in [1.165, 1.54) is 6.20 Å². The Morgan fingerprint density at radius 1 is 1.70 bits per heavy atom. The average Bonchev–Trinajstić information content (AvgIpc) is 1.88. The van der Waals surface area contributed by atoms with Gasteiger partial charge in [0.2, 0.25) is 5.28 Å². The first-order valence-electron chi connectivity index (χ1n) is 2.46. The largest absolute Gasteiger partial charge is 0.492 e. The van der Waals surface area contributed by atoms with Crippen LogP contribution >= 0.6 is 34.2 Å². The summed E-state index contributed by atoms with van der Waals surface area (Å²) in [4.78, 5) is 7.60. The molecule has 0 radical (unpaired) electrons. The van der Waals surface area contributed by atoms with Crippen LogP contribution in [0.4, 0.5) is 0 Å². The first-order chi connectivity index (χ1) is 4.74. The minimum atomic E-state index is 0.241. The van der Waals surface area contributed by atoms with Gasteiger partial charge in [0, 0.05) is 0 Å². The summed E-state index contributed by atoms with van der Waals surface area (Å²) in [5.41, 5.74) is 0. The van der Waals surface area contributed by atoms with E-state index in [1.54, 1.807) is 7.11 Å². The van der Waals surface area contributed by atoms with Gasteiger partial charge in [0.05, 0.1) is 13.3 Å². The molecule has 0 saturated carbocycles. The molecular formula is C5H4ClIN2O. The normalized spacial score (nSPS) is 9.50. The van der Waals surface area contributed by atoms with Crippen molar-refractivity contribution in [3.8, 4) is 5.75 Å². The molecule has 0 fully saturated rings. The summed E-state index contributed by atoms with van der Waals surface area (Å²) in [7, 11) is 1.56. The molecule has 0 N–H and O–H groups in total. The number of hydrogen-bond acceptors (Lipinski definition) is 3. The molecule has 0 aliphatic rings. The van der Waals surface area contributed by atoms with Gasteiger partial charge in [-0.15, -0.1) is 0 Å². The van der Waals surface area contributed by atoms with Gasteiger partial charge < -0.3 is 4.74 Å². The average molecular weight is 270 g/mol. The number of methoxy groups -OCH3 is 1. The van der Waals surface area contributed by atoms with Gasteiger partial charge in [0.15, 0.2) is 5.75 Å². The van der Waals surface area contributed by atoms with E-state index >= 15 is 0 Å². The highest BCUT2D eigenvalue weighted by Gasteiger charge is 2.00. The number of rotatable bonds is 1. The van der Waals surface area contributed by atoms with E-state index in [0.717, 1.165) is 3.70 Å². The Bertz CT molecular complexity index is 243. The SMILES string of the molecule is COc1cnc(Cl)nc1I. The predicted molar refractivity (Wildman–Crippen MR) is 46.3 cm³/mol. The van der Waals surface area contributed by atoms with Crippen molar-refractivity contribution in [1.29, 1.82) is 0 Å². The predicted octanol–water partition coefficient (Wildman–Crippen LogP) is 1.74. The summed E-state index contributed by atoms with van der Waals surface area (Å²) in [5.74, 6) is 0.644. The molecule has 0 spiro atoms. The number of hydrogen-bond donors (Lipinski definition) is 0. The molecule has 1 aromatic heterocycles. The quantitative estimate of drug-likeness (QED) is 0.443. The van der Waals surface area contributed by atoms with Crippen LogP contribution in [0.25, 0.3) is 0 Å². The molecule has 54 valence electrons. The van der Waals surface area contributed by atoms with Gasteiger partial charge in [-0.1, -0.05) is 0 Å². The Hall–Kier alpha value is -0.100. The fraction of sp³-hybridized carbons (Fsp3) is 0.200. The summed E-state index contributed by atoms with van der Waals surface area (Å²) < 4.78 is 5.63. The molecule has 0 atom stereocenters. The minimum absolute atomic E-state index is 0.241. The number of nitrogens with zero attached hydrogens (tertiary/aromatic N) is 2. The molecule has 10 heavy (non-hydrogen) atoms. The highest BCUT2D eigenvalue weighted by atomic mass is 127. The van der Waals surface area contributed by atoms with Crippen LogP contribution in [-0.4, -0.2) is 17.1 Å². The van der Waals surface area contributed by atoms with Gasteiger partial charge >= 0.3 is 0 Å². The van der Waals surface area contributed by atoms with Gasteiger partial charge in [0.1, 0.15) is 3.70 Å². The van der Waals surface area contributed by atoms with E-state index in [-0.39, 0.29) is 5.28 Å². The fourth-order valence-electron chi connectivity index (χ4n) is 0.467. The van der Waals surface area contributed by atoms with Crippen molar-refractivity contribution < 1.29 is 4.74 Å². The van der Waals surface area contributed by atoms with E-state index in [0.29, 0.717) is 5.75 Å².